The molecule has 23 heavy (non-hydrogen) atoms. The average molecular weight is 330 g/mol. The summed E-state index contributed by atoms with van der Waals surface area (Å²) in [7, 11) is 0. The van der Waals surface area contributed by atoms with E-state index < -0.39 is 0 Å². The summed E-state index contributed by atoms with van der Waals surface area (Å²) in [5.41, 5.74) is 1.25. The van der Waals surface area contributed by atoms with E-state index in [1.165, 1.54) is 18.4 Å². The van der Waals surface area contributed by atoms with Crippen LogP contribution in [0.5, 0.6) is 0 Å². The van der Waals surface area contributed by atoms with E-state index in [-0.39, 0.29) is 5.25 Å². The first-order valence-corrected chi connectivity index (χ1v) is 9.72. The van der Waals surface area contributed by atoms with Gasteiger partial charge in [-0.1, -0.05) is 48.9 Å². The summed E-state index contributed by atoms with van der Waals surface area (Å²) in [6, 6.07) is 10.4. The van der Waals surface area contributed by atoms with Gasteiger partial charge < -0.3 is 4.90 Å². The van der Waals surface area contributed by atoms with Gasteiger partial charge in [0.25, 0.3) is 0 Å². The summed E-state index contributed by atoms with van der Waals surface area (Å²) in [6.45, 7) is 4.71. The number of piperazine rings is 1. The molecule has 2 fully saturated rings. The average Bonchev–Trinajstić information content (AvgIpc) is 2.63. The molecule has 2 saturated heterocycles. The zero-order chi connectivity index (χ0) is 15.9. The van der Waals surface area contributed by atoms with Gasteiger partial charge in [0.05, 0.1) is 5.25 Å². The van der Waals surface area contributed by atoms with Crippen LogP contribution in [0.4, 0.5) is 0 Å². The van der Waals surface area contributed by atoms with Crippen molar-refractivity contribution in [3.8, 4) is 0 Å². The van der Waals surface area contributed by atoms with Crippen molar-refractivity contribution in [3.05, 3.63) is 42.0 Å². The maximum absolute atomic E-state index is 12.5. The Bertz CT molecular complexity index is 517. The maximum atomic E-state index is 12.5. The summed E-state index contributed by atoms with van der Waals surface area (Å²) < 4.78 is 0. The lowest BCUT2D eigenvalue weighted by molar-refractivity contribution is -0.132. The fourth-order valence-electron chi connectivity index (χ4n) is 3.19. The number of thioether (sulfide) groups is 1. The summed E-state index contributed by atoms with van der Waals surface area (Å²) in [4.78, 5) is 17.0. The number of rotatable bonds is 4. The standard InChI is InChI=1S/C19H26N2OS/c22-19(18-10-4-5-16-23-18)21-14-12-20(13-15-21)11-6-9-17-7-2-1-3-8-17/h1-3,6-9,18H,4-5,10-16H2/b9-6+. The van der Waals surface area contributed by atoms with Gasteiger partial charge in [-0.25, -0.2) is 0 Å². The molecule has 0 aliphatic carbocycles. The topological polar surface area (TPSA) is 23.6 Å². The van der Waals surface area contributed by atoms with E-state index >= 15 is 0 Å². The highest BCUT2D eigenvalue weighted by atomic mass is 32.2. The Morgan fingerprint density at radius 3 is 2.61 bits per heavy atom. The van der Waals surface area contributed by atoms with Crippen LogP contribution in [0.15, 0.2) is 36.4 Å². The third kappa shape index (κ3) is 4.85. The van der Waals surface area contributed by atoms with Crippen molar-refractivity contribution in [2.45, 2.75) is 24.5 Å². The molecule has 1 atom stereocenters. The molecule has 3 rings (SSSR count). The maximum Gasteiger partial charge on any atom is 0.235 e. The molecule has 2 aliphatic rings. The monoisotopic (exact) mass is 330 g/mol. The van der Waals surface area contributed by atoms with Crippen LogP contribution in [-0.2, 0) is 4.79 Å². The molecule has 2 heterocycles. The van der Waals surface area contributed by atoms with Gasteiger partial charge in [-0.15, -0.1) is 11.8 Å². The zero-order valence-electron chi connectivity index (χ0n) is 13.7. The Kier molecular flexibility index (Phi) is 6.17. The number of nitrogens with zero attached hydrogens (tertiary/aromatic N) is 2. The van der Waals surface area contributed by atoms with Crippen LogP contribution >= 0.6 is 11.8 Å². The van der Waals surface area contributed by atoms with Crippen LogP contribution in [0.3, 0.4) is 0 Å². The van der Waals surface area contributed by atoms with E-state index in [0.29, 0.717) is 5.91 Å². The van der Waals surface area contributed by atoms with E-state index in [4.69, 9.17) is 0 Å². The highest BCUT2D eigenvalue weighted by Gasteiger charge is 2.28. The molecule has 0 saturated carbocycles. The van der Waals surface area contributed by atoms with E-state index in [1.807, 2.05) is 17.8 Å². The van der Waals surface area contributed by atoms with Gasteiger partial charge in [0, 0.05) is 32.7 Å². The highest BCUT2D eigenvalue weighted by molar-refractivity contribution is 8.00. The largest absolute Gasteiger partial charge is 0.339 e. The Labute approximate surface area is 143 Å². The van der Waals surface area contributed by atoms with Crippen LogP contribution in [0, 0.1) is 0 Å². The van der Waals surface area contributed by atoms with Crippen molar-refractivity contribution in [3.63, 3.8) is 0 Å². The van der Waals surface area contributed by atoms with Crippen LogP contribution in [-0.4, -0.2) is 59.4 Å². The van der Waals surface area contributed by atoms with Crippen LogP contribution in [0.1, 0.15) is 24.8 Å². The minimum absolute atomic E-state index is 0.230. The molecular weight excluding hydrogens is 304 g/mol. The predicted octanol–water partition coefficient (Wildman–Crippen LogP) is 3.13. The van der Waals surface area contributed by atoms with Crippen LogP contribution in [0.2, 0.25) is 0 Å². The third-order valence-electron chi connectivity index (χ3n) is 4.61. The molecule has 0 radical (unpaired) electrons. The van der Waals surface area contributed by atoms with E-state index in [0.717, 1.165) is 44.9 Å². The van der Waals surface area contributed by atoms with E-state index in [9.17, 15) is 4.79 Å². The molecule has 1 unspecified atom stereocenters. The predicted molar refractivity (Wildman–Crippen MR) is 98.6 cm³/mol. The first kappa shape index (κ1) is 16.6. The van der Waals surface area contributed by atoms with Crippen molar-refractivity contribution in [1.29, 1.82) is 0 Å². The summed E-state index contributed by atoms with van der Waals surface area (Å²) in [5, 5.41) is 0.230. The summed E-state index contributed by atoms with van der Waals surface area (Å²) >= 11 is 1.86. The lowest BCUT2D eigenvalue weighted by atomic mass is 10.1. The summed E-state index contributed by atoms with van der Waals surface area (Å²) in [6.07, 6.45) is 7.97. The molecular formula is C19H26N2OS. The first-order chi connectivity index (χ1) is 11.3. The number of hydrogen-bond donors (Lipinski definition) is 0. The zero-order valence-corrected chi connectivity index (χ0v) is 14.5. The molecule has 2 aliphatic heterocycles. The number of carbonyl (C=O) groups excluding carboxylic acids is 1. The molecule has 0 N–H and O–H groups in total. The lowest BCUT2D eigenvalue weighted by Gasteiger charge is -2.36. The Morgan fingerprint density at radius 1 is 1.13 bits per heavy atom. The van der Waals surface area contributed by atoms with Crippen molar-refractivity contribution < 1.29 is 4.79 Å². The first-order valence-electron chi connectivity index (χ1n) is 8.67. The third-order valence-corrected chi connectivity index (χ3v) is 5.98. The van der Waals surface area contributed by atoms with Gasteiger partial charge in [-0.05, 0) is 24.2 Å². The normalized spacial score (nSPS) is 23.3. The smallest absolute Gasteiger partial charge is 0.235 e. The van der Waals surface area contributed by atoms with Gasteiger partial charge in [0.1, 0.15) is 0 Å². The summed E-state index contributed by atoms with van der Waals surface area (Å²) in [5.74, 6) is 1.54. The molecule has 0 bridgehead atoms. The molecule has 1 amide bonds. The number of hydrogen-bond acceptors (Lipinski definition) is 3. The Hall–Kier alpha value is -1.26. The minimum atomic E-state index is 0.230. The second kappa shape index (κ2) is 8.55. The van der Waals surface area contributed by atoms with Gasteiger partial charge in [0.2, 0.25) is 5.91 Å². The molecule has 3 nitrogen and oxygen atoms in total. The Morgan fingerprint density at radius 2 is 1.91 bits per heavy atom. The van der Waals surface area contributed by atoms with Gasteiger partial charge in [-0.3, -0.25) is 9.69 Å². The van der Waals surface area contributed by atoms with Gasteiger partial charge >= 0.3 is 0 Å². The second-order valence-corrected chi connectivity index (χ2v) is 7.60. The fraction of sp³-hybridized carbons (Fsp3) is 0.526. The quantitative estimate of drug-likeness (QED) is 0.847. The van der Waals surface area contributed by atoms with Gasteiger partial charge in [-0.2, -0.15) is 0 Å². The van der Waals surface area contributed by atoms with E-state index in [2.05, 4.69) is 46.2 Å². The Balaban J connectivity index is 1.41. The second-order valence-electron chi connectivity index (χ2n) is 6.29. The number of carbonyl (C=O) groups is 1. The van der Waals surface area contributed by atoms with Crippen molar-refractivity contribution in [1.82, 2.24) is 9.80 Å². The number of benzene rings is 1. The van der Waals surface area contributed by atoms with Crippen LogP contribution < -0.4 is 0 Å². The molecule has 0 spiro atoms. The van der Waals surface area contributed by atoms with Crippen molar-refractivity contribution in [2.75, 3.05) is 38.5 Å². The molecule has 1 aromatic carbocycles. The van der Waals surface area contributed by atoms with Crippen LogP contribution in [0.25, 0.3) is 6.08 Å². The van der Waals surface area contributed by atoms with Crippen molar-refractivity contribution in [2.24, 2.45) is 0 Å². The SMILES string of the molecule is O=C(C1CCCCS1)N1CCN(C/C=C/c2ccccc2)CC1. The number of amides is 1. The molecule has 1 aromatic rings. The minimum Gasteiger partial charge on any atom is -0.339 e. The molecule has 0 aromatic heterocycles. The van der Waals surface area contributed by atoms with Gasteiger partial charge in [0.15, 0.2) is 0 Å². The highest BCUT2D eigenvalue weighted by Crippen LogP contribution is 2.26. The molecule has 4 heteroatoms. The fourth-order valence-corrected chi connectivity index (χ4v) is 4.47. The molecule has 124 valence electrons. The lowest BCUT2D eigenvalue weighted by Crippen LogP contribution is -2.51. The van der Waals surface area contributed by atoms with E-state index in [1.54, 1.807) is 0 Å². The van der Waals surface area contributed by atoms with Crippen molar-refractivity contribution >= 4 is 23.7 Å².